The number of nitrogens with zero attached hydrogens (tertiary/aromatic N) is 12. The van der Waals surface area contributed by atoms with Crippen LogP contribution in [-0.2, 0) is 20.2 Å². The van der Waals surface area contributed by atoms with Crippen LogP contribution in [0.15, 0.2) is 201 Å². The molecule has 0 amide bonds. The molecule has 0 unspecified atom stereocenters. The molecule has 0 aliphatic heterocycles. The summed E-state index contributed by atoms with van der Waals surface area (Å²) in [6, 6.07) is 42.6. The molecule has 0 atom stereocenters. The van der Waals surface area contributed by atoms with E-state index in [1.165, 1.54) is 84.2 Å². The van der Waals surface area contributed by atoms with E-state index in [1.807, 2.05) is 125 Å². The third-order valence-corrected chi connectivity index (χ3v) is 16.7. The monoisotopic (exact) mass is 1170 g/mol. The fraction of sp³-hybridized carbons (Fsp3) is 0. The maximum absolute atomic E-state index is 13.0. The fourth-order valence-electron chi connectivity index (χ4n) is 7.93. The van der Waals surface area contributed by atoms with Gasteiger partial charge in [0, 0.05) is 71.3 Å². The molecule has 0 saturated carbocycles. The second-order valence-corrected chi connectivity index (χ2v) is 23.1. The van der Waals surface area contributed by atoms with Crippen molar-refractivity contribution in [2.45, 2.75) is 29.9 Å². The predicted octanol–water partition coefficient (Wildman–Crippen LogP) is 5.27. The summed E-state index contributed by atoms with van der Waals surface area (Å²) in [5.41, 5.74) is 7.07. The van der Waals surface area contributed by atoms with Crippen LogP contribution >= 0.6 is 47.8 Å². The molecule has 0 spiro atoms. The first-order valence-corrected chi connectivity index (χ1v) is 28.5. The summed E-state index contributed by atoms with van der Waals surface area (Å²) < 4.78 is 80.6. The zero-order chi connectivity index (χ0) is 52.0. The first-order valence-electron chi connectivity index (χ1n) is 22.5. The van der Waals surface area contributed by atoms with Crippen LogP contribution < -0.4 is 69.7 Å². The van der Waals surface area contributed by atoms with Gasteiger partial charge in [-0.25, -0.2) is 39.9 Å². The molecule has 28 heteroatoms. The van der Waals surface area contributed by atoms with Gasteiger partial charge in [-0.1, -0.05) is 72.8 Å². The summed E-state index contributed by atoms with van der Waals surface area (Å²) in [6.07, 6.45) is 9.38. The molecular weight excluding hydrogens is 1130 g/mol. The quantitative estimate of drug-likeness (QED) is 0.0416. The van der Waals surface area contributed by atoms with E-state index in [0.29, 0.717) is 20.1 Å². The molecule has 0 radical (unpaired) electrons. The number of rotatable bonds is 16. The molecule has 6 aromatic heterocycles. The summed E-state index contributed by atoms with van der Waals surface area (Å²) in [7, 11) is -9.77. The van der Waals surface area contributed by atoms with Crippen LogP contribution in [0.3, 0.4) is 0 Å². The zero-order valence-electron chi connectivity index (χ0n) is 42.7. The van der Waals surface area contributed by atoms with Gasteiger partial charge in [-0.3, -0.25) is 25.0 Å². The van der Waals surface area contributed by atoms with Crippen LogP contribution in [-0.4, -0.2) is 81.7 Å². The van der Waals surface area contributed by atoms with Gasteiger partial charge in [-0.2, -0.15) is 16.8 Å². The maximum Gasteiger partial charge on any atom is 1.00 e. The normalized spacial score (nSPS) is 11.9. The minimum absolute atomic E-state index is 0. The summed E-state index contributed by atoms with van der Waals surface area (Å²) in [5.74, 6) is 0.226. The van der Waals surface area contributed by atoms with Crippen molar-refractivity contribution in [3.05, 3.63) is 182 Å². The van der Waals surface area contributed by atoms with Gasteiger partial charge in [-0.05, 0) is 83.9 Å². The molecule has 12 rings (SSSR count). The topological polar surface area (TPSA) is 256 Å². The van der Waals surface area contributed by atoms with Gasteiger partial charge >= 0.3 is 59.1 Å². The number of nitrogens with one attached hydrogen (secondary N) is 2. The summed E-state index contributed by atoms with van der Waals surface area (Å²) >= 11 is 5.20. The molecule has 0 fully saturated rings. The number of aromatic nitrogens is 12. The SMILES string of the molecule is O=S(=O)(O)c1cc(Nc2nc(Sn3cnc4ccccc43)cc(Sn3cnc4ccccc43)n2)ccc1C=Cc1ccc(Nc2nc(Sn3cnc4ccccc43)cc(Sn3cnc4ccccc43)n2)cc1S(=O)(=O)O.[H-].[H-].[Na+].[Na+]. The van der Waals surface area contributed by atoms with Gasteiger partial charge in [0.25, 0.3) is 20.2 Å². The molecule has 0 aliphatic rings. The second-order valence-electron chi connectivity index (χ2n) is 16.4. The molecule has 6 heterocycles. The Kier molecular flexibility index (Phi) is 16.5. The van der Waals surface area contributed by atoms with Crippen molar-refractivity contribution < 1.29 is 87.9 Å². The van der Waals surface area contributed by atoms with Crippen molar-refractivity contribution in [2.24, 2.45) is 0 Å². The van der Waals surface area contributed by atoms with Gasteiger partial charge in [0.1, 0.15) is 55.2 Å². The van der Waals surface area contributed by atoms with Crippen LogP contribution in [0.2, 0.25) is 0 Å². The number of hydrogen-bond acceptors (Lipinski definition) is 18. The molecule has 78 heavy (non-hydrogen) atoms. The smallest absolute Gasteiger partial charge is 1.00 e. The van der Waals surface area contributed by atoms with Crippen LogP contribution in [0.25, 0.3) is 56.3 Å². The predicted molar refractivity (Wildman–Crippen MR) is 298 cm³/mol. The van der Waals surface area contributed by atoms with E-state index < -0.39 is 30.0 Å². The van der Waals surface area contributed by atoms with E-state index in [4.69, 9.17) is 19.9 Å². The largest absolute Gasteiger partial charge is 1.00 e. The first kappa shape index (κ1) is 55.2. The number of hydrogen-bond donors (Lipinski definition) is 4. The number of fused-ring (bicyclic) bond motifs is 4. The van der Waals surface area contributed by atoms with Crippen molar-refractivity contribution in [3.63, 3.8) is 0 Å². The molecule has 12 aromatic rings. The Morgan fingerprint density at radius 3 is 0.974 bits per heavy atom. The standard InChI is InChI=1S/C50H34N14O6S6.2Na.2H/c65-75(66,67)43-23-33(55-49-57-45(71-61-27-51-35-9-1-5-13-39(35)61)25-46(58-49)72-62-28-52-36-10-2-6-14-40(36)62)21-19-31(43)17-18-32-20-22-34(24-44(32)76(68,69)70)56-50-59-47(73-63-29-53-37-11-3-7-15-41(37)63)26-48(60-50)74-64-30-54-38-12-4-8-16-42(38)64;;;;/h1-30H,(H,55,57,58)(H,56,59,60)(H,65,66,67)(H,68,69,70);;;;/q;2*+1;2*-1. The molecule has 380 valence electrons. The van der Waals surface area contributed by atoms with Crippen LogP contribution in [0, 0.1) is 0 Å². The van der Waals surface area contributed by atoms with E-state index >= 15 is 0 Å². The molecule has 0 bridgehead atoms. The summed E-state index contributed by atoms with van der Waals surface area (Å²) in [6.45, 7) is 0. The van der Waals surface area contributed by atoms with E-state index in [0.717, 1.165) is 44.1 Å². The summed E-state index contributed by atoms with van der Waals surface area (Å²) in [5, 5.41) is 8.30. The first-order chi connectivity index (χ1) is 36.8. The minimum atomic E-state index is -4.89. The Balaban J connectivity index is 0.00000210. The van der Waals surface area contributed by atoms with Crippen molar-refractivity contribution >= 4 is 148 Å². The average Bonchev–Trinajstić information content (AvgIpc) is 4.24. The van der Waals surface area contributed by atoms with E-state index in [2.05, 4.69) is 30.6 Å². The van der Waals surface area contributed by atoms with E-state index in [1.54, 1.807) is 37.4 Å². The van der Waals surface area contributed by atoms with Gasteiger partial charge < -0.3 is 13.5 Å². The van der Waals surface area contributed by atoms with Gasteiger partial charge in [0.2, 0.25) is 11.9 Å². The molecule has 0 aliphatic carbocycles. The summed E-state index contributed by atoms with van der Waals surface area (Å²) in [4.78, 5) is 35.9. The molecule has 0 saturated heterocycles. The Hall–Kier alpha value is -6.08. The third kappa shape index (κ3) is 12.2. The van der Waals surface area contributed by atoms with Gasteiger partial charge in [0.15, 0.2) is 0 Å². The number of anilines is 4. The van der Waals surface area contributed by atoms with Crippen LogP contribution in [0.4, 0.5) is 23.3 Å². The minimum Gasteiger partial charge on any atom is -1.00 e. The Morgan fingerprint density at radius 2 is 0.692 bits per heavy atom. The number of para-hydroxylation sites is 8. The van der Waals surface area contributed by atoms with Crippen LogP contribution in [0.1, 0.15) is 14.0 Å². The average molecular weight is 1170 g/mol. The zero-order valence-corrected chi connectivity index (χ0v) is 49.6. The molecular formula is C50H36N14Na2O6S6. The number of benzene rings is 6. The second kappa shape index (κ2) is 23.3. The van der Waals surface area contributed by atoms with Gasteiger partial charge in [-0.15, -0.1) is 0 Å². The Bertz CT molecular complexity index is 4040. The Labute approximate surface area is 508 Å². The molecule has 6 aromatic carbocycles. The van der Waals surface area contributed by atoms with Crippen molar-refractivity contribution in [1.82, 2.24) is 55.8 Å². The number of imidazole rings is 4. The van der Waals surface area contributed by atoms with Crippen molar-refractivity contribution in [2.75, 3.05) is 10.6 Å². The van der Waals surface area contributed by atoms with E-state index in [9.17, 15) is 25.9 Å². The van der Waals surface area contributed by atoms with Crippen LogP contribution in [0.5, 0.6) is 0 Å². The third-order valence-electron chi connectivity index (χ3n) is 11.3. The van der Waals surface area contributed by atoms with Gasteiger partial charge in [0.05, 0.1) is 44.1 Å². The Morgan fingerprint density at radius 1 is 0.410 bits per heavy atom. The molecule has 4 N–H and O–H groups in total. The van der Waals surface area contributed by atoms with Crippen molar-refractivity contribution in [3.8, 4) is 0 Å². The molecule has 20 nitrogen and oxygen atoms in total. The maximum atomic E-state index is 13.0. The van der Waals surface area contributed by atoms with Crippen molar-refractivity contribution in [1.29, 1.82) is 0 Å². The fourth-order valence-corrected chi connectivity index (χ4v) is 12.9. The van der Waals surface area contributed by atoms with E-state index in [-0.39, 0.29) is 96.4 Å².